The predicted molar refractivity (Wildman–Crippen MR) is 92.6 cm³/mol. The van der Waals surface area contributed by atoms with Crippen molar-refractivity contribution in [3.05, 3.63) is 24.3 Å². The molecule has 2 amide bonds. The fourth-order valence-electron chi connectivity index (χ4n) is 3.95. The van der Waals surface area contributed by atoms with Gasteiger partial charge in [0.15, 0.2) is 6.10 Å². The van der Waals surface area contributed by atoms with Gasteiger partial charge >= 0.3 is 0 Å². The molecular formula is C19H24N2O4. The third-order valence-corrected chi connectivity index (χ3v) is 5.34. The van der Waals surface area contributed by atoms with Crippen molar-refractivity contribution < 1.29 is 19.1 Å². The molecule has 1 saturated carbocycles. The Bertz CT molecular complexity index is 651. The molecule has 4 rings (SSSR count). The Balaban J connectivity index is 1.57. The molecule has 1 aromatic carbocycles. The highest BCUT2D eigenvalue weighted by Crippen LogP contribution is 2.36. The van der Waals surface area contributed by atoms with E-state index < -0.39 is 6.10 Å². The minimum Gasteiger partial charge on any atom is -0.476 e. The number of hydrogen-bond acceptors (Lipinski definition) is 4. The fraction of sp³-hybridized carbons (Fsp3) is 0.579. The number of amides is 2. The molecule has 0 N–H and O–H groups in total. The average Bonchev–Trinajstić information content (AvgIpc) is 3.21. The monoisotopic (exact) mass is 344 g/mol. The highest BCUT2D eigenvalue weighted by Gasteiger charge is 2.38. The lowest BCUT2D eigenvalue weighted by Crippen LogP contribution is -2.54. The van der Waals surface area contributed by atoms with E-state index in [1.807, 2.05) is 24.3 Å². The Hall–Kier alpha value is -2.08. The van der Waals surface area contributed by atoms with Crippen LogP contribution >= 0.6 is 0 Å². The molecule has 1 aromatic rings. The first-order valence-corrected chi connectivity index (χ1v) is 9.17. The molecule has 2 aliphatic heterocycles. The molecule has 1 unspecified atom stereocenters. The van der Waals surface area contributed by atoms with E-state index in [4.69, 9.17) is 9.47 Å². The molecule has 2 fully saturated rings. The SMILES string of the molecule is O=C(C1CN(C(=O)C2CCCC2)c2ccccc2O1)N1CCOCC1. The lowest BCUT2D eigenvalue weighted by atomic mass is 10.0. The molecule has 3 aliphatic rings. The zero-order valence-electron chi connectivity index (χ0n) is 14.4. The zero-order valence-corrected chi connectivity index (χ0v) is 14.4. The van der Waals surface area contributed by atoms with Crippen LogP contribution in [0.2, 0.25) is 0 Å². The van der Waals surface area contributed by atoms with Gasteiger partial charge in [-0.3, -0.25) is 9.59 Å². The van der Waals surface area contributed by atoms with Gasteiger partial charge in [0, 0.05) is 19.0 Å². The van der Waals surface area contributed by atoms with Gasteiger partial charge in [-0.2, -0.15) is 0 Å². The normalized spacial score (nSPS) is 23.9. The van der Waals surface area contributed by atoms with E-state index in [0.717, 1.165) is 31.4 Å². The summed E-state index contributed by atoms with van der Waals surface area (Å²) in [4.78, 5) is 29.4. The van der Waals surface area contributed by atoms with Gasteiger partial charge < -0.3 is 19.3 Å². The van der Waals surface area contributed by atoms with E-state index in [1.165, 1.54) is 0 Å². The van der Waals surface area contributed by atoms with Crippen molar-refractivity contribution in [2.75, 3.05) is 37.7 Å². The van der Waals surface area contributed by atoms with Gasteiger partial charge in [-0.15, -0.1) is 0 Å². The Kier molecular flexibility index (Phi) is 4.61. The lowest BCUT2D eigenvalue weighted by Gasteiger charge is -2.38. The summed E-state index contributed by atoms with van der Waals surface area (Å²) in [6.45, 7) is 2.57. The minimum absolute atomic E-state index is 0.0537. The summed E-state index contributed by atoms with van der Waals surface area (Å²) in [6.07, 6.45) is 3.47. The average molecular weight is 344 g/mol. The molecule has 0 radical (unpaired) electrons. The minimum atomic E-state index is -0.640. The molecular weight excluding hydrogens is 320 g/mol. The van der Waals surface area contributed by atoms with Crippen LogP contribution < -0.4 is 9.64 Å². The smallest absolute Gasteiger partial charge is 0.265 e. The van der Waals surface area contributed by atoms with Crippen LogP contribution in [-0.2, 0) is 14.3 Å². The van der Waals surface area contributed by atoms with Gasteiger partial charge in [-0.1, -0.05) is 25.0 Å². The van der Waals surface area contributed by atoms with Crippen LogP contribution in [-0.4, -0.2) is 55.7 Å². The molecule has 1 atom stereocenters. The van der Waals surface area contributed by atoms with Crippen molar-refractivity contribution in [1.29, 1.82) is 0 Å². The van der Waals surface area contributed by atoms with Crippen molar-refractivity contribution in [1.82, 2.24) is 4.90 Å². The number of benzene rings is 1. The number of anilines is 1. The van der Waals surface area contributed by atoms with E-state index in [0.29, 0.717) is 38.6 Å². The van der Waals surface area contributed by atoms with E-state index >= 15 is 0 Å². The van der Waals surface area contributed by atoms with Crippen LogP contribution in [0.25, 0.3) is 0 Å². The molecule has 2 heterocycles. The van der Waals surface area contributed by atoms with Gasteiger partial charge in [-0.25, -0.2) is 0 Å². The highest BCUT2D eigenvalue weighted by atomic mass is 16.5. The van der Waals surface area contributed by atoms with E-state index in [1.54, 1.807) is 9.80 Å². The summed E-state index contributed by atoms with van der Waals surface area (Å²) in [6, 6.07) is 7.51. The van der Waals surface area contributed by atoms with Crippen molar-refractivity contribution in [2.45, 2.75) is 31.8 Å². The second-order valence-electron chi connectivity index (χ2n) is 6.94. The van der Waals surface area contributed by atoms with Crippen LogP contribution in [0, 0.1) is 5.92 Å². The highest BCUT2D eigenvalue weighted by molar-refractivity contribution is 5.98. The number of rotatable bonds is 2. The van der Waals surface area contributed by atoms with Gasteiger partial charge in [-0.05, 0) is 25.0 Å². The first-order valence-electron chi connectivity index (χ1n) is 9.17. The largest absolute Gasteiger partial charge is 0.476 e. The van der Waals surface area contributed by atoms with Crippen molar-refractivity contribution >= 4 is 17.5 Å². The second kappa shape index (κ2) is 7.04. The first kappa shape index (κ1) is 16.4. The Morgan fingerprint density at radius 2 is 1.72 bits per heavy atom. The van der Waals surface area contributed by atoms with Crippen molar-refractivity contribution in [3.63, 3.8) is 0 Å². The molecule has 1 saturated heterocycles. The number of hydrogen-bond donors (Lipinski definition) is 0. The molecule has 0 spiro atoms. The van der Waals surface area contributed by atoms with E-state index in [9.17, 15) is 9.59 Å². The number of fused-ring (bicyclic) bond motifs is 1. The maximum Gasteiger partial charge on any atom is 0.265 e. The second-order valence-corrected chi connectivity index (χ2v) is 6.94. The maximum absolute atomic E-state index is 13.0. The molecule has 0 bridgehead atoms. The summed E-state index contributed by atoms with van der Waals surface area (Å²) >= 11 is 0. The van der Waals surface area contributed by atoms with Crippen LogP contribution in [0.15, 0.2) is 24.3 Å². The predicted octanol–water partition coefficient (Wildman–Crippen LogP) is 1.83. The zero-order chi connectivity index (χ0) is 17.2. The van der Waals surface area contributed by atoms with Crippen molar-refractivity contribution in [3.8, 4) is 5.75 Å². The number of morpholine rings is 1. The lowest BCUT2D eigenvalue weighted by molar-refractivity contribution is -0.143. The summed E-state index contributed by atoms with van der Waals surface area (Å²) < 4.78 is 11.3. The Morgan fingerprint density at radius 1 is 1.00 bits per heavy atom. The summed E-state index contributed by atoms with van der Waals surface area (Å²) in [5.74, 6) is 0.770. The van der Waals surface area contributed by atoms with Gasteiger partial charge in [0.2, 0.25) is 5.91 Å². The van der Waals surface area contributed by atoms with Crippen LogP contribution in [0.3, 0.4) is 0 Å². The Morgan fingerprint density at radius 3 is 2.48 bits per heavy atom. The maximum atomic E-state index is 13.0. The first-order chi connectivity index (χ1) is 12.2. The molecule has 1 aliphatic carbocycles. The summed E-state index contributed by atoms with van der Waals surface area (Å²) in [7, 11) is 0. The Labute approximate surface area is 147 Å². The molecule has 6 heteroatoms. The van der Waals surface area contributed by atoms with Gasteiger partial charge in [0.1, 0.15) is 5.75 Å². The van der Waals surface area contributed by atoms with Crippen LogP contribution in [0.1, 0.15) is 25.7 Å². The third-order valence-electron chi connectivity index (χ3n) is 5.34. The standard InChI is InChI=1S/C19H24N2O4/c22-18(14-5-1-2-6-14)21-13-17(19(23)20-9-11-24-12-10-20)25-16-8-4-3-7-15(16)21/h3-4,7-8,14,17H,1-2,5-6,9-13H2. The fourth-order valence-corrected chi connectivity index (χ4v) is 3.95. The number of carbonyl (C=O) groups excluding carboxylic acids is 2. The topological polar surface area (TPSA) is 59.1 Å². The number of para-hydroxylation sites is 2. The van der Waals surface area contributed by atoms with Crippen LogP contribution in [0.4, 0.5) is 5.69 Å². The van der Waals surface area contributed by atoms with E-state index in [2.05, 4.69) is 0 Å². The quantitative estimate of drug-likeness (QED) is 0.821. The summed E-state index contributed by atoms with van der Waals surface area (Å²) in [5, 5.41) is 0. The molecule has 0 aromatic heterocycles. The van der Waals surface area contributed by atoms with Crippen LogP contribution in [0.5, 0.6) is 5.75 Å². The number of carbonyl (C=O) groups is 2. The van der Waals surface area contributed by atoms with E-state index in [-0.39, 0.29) is 17.7 Å². The number of ether oxygens (including phenoxy) is 2. The van der Waals surface area contributed by atoms with Gasteiger partial charge in [0.25, 0.3) is 5.91 Å². The van der Waals surface area contributed by atoms with Gasteiger partial charge in [0.05, 0.1) is 25.4 Å². The number of nitrogens with zero attached hydrogens (tertiary/aromatic N) is 2. The molecule has 134 valence electrons. The van der Waals surface area contributed by atoms with Crippen molar-refractivity contribution in [2.24, 2.45) is 5.92 Å². The molecule has 25 heavy (non-hydrogen) atoms. The summed E-state index contributed by atoms with van der Waals surface area (Å²) in [5.41, 5.74) is 0.783. The third kappa shape index (κ3) is 3.23. The molecule has 6 nitrogen and oxygen atoms in total.